The van der Waals surface area contributed by atoms with E-state index in [0.29, 0.717) is 25.9 Å². The van der Waals surface area contributed by atoms with Crippen LogP contribution in [0.3, 0.4) is 0 Å². The van der Waals surface area contributed by atoms with Gasteiger partial charge in [-0.25, -0.2) is 0 Å². The summed E-state index contributed by atoms with van der Waals surface area (Å²) in [7, 11) is 0. The zero-order valence-electron chi connectivity index (χ0n) is 48.0. The van der Waals surface area contributed by atoms with Crippen LogP contribution in [0.5, 0.6) is 0 Å². The largest absolute Gasteiger partial charge is 0.466 e. The molecule has 0 spiro atoms. The Morgan fingerprint density at radius 2 is 0.662 bits per heavy atom. The van der Waals surface area contributed by atoms with E-state index in [1.54, 1.807) is 0 Å². The van der Waals surface area contributed by atoms with E-state index in [9.17, 15) is 19.8 Å². The van der Waals surface area contributed by atoms with Crippen LogP contribution in [0.1, 0.15) is 354 Å². The van der Waals surface area contributed by atoms with Crippen molar-refractivity contribution in [1.82, 2.24) is 5.32 Å². The molecule has 0 aliphatic rings. The number of allylic oxidation sites excluding steroid dienone is 4. The number of aliphatic hydroxyl groups is 2. The first-order chi connectivity index (χ1) is 35.0. The van der Waals surface area contributed by atoms with Gasteiger partial charge >= 0.3 is 5.97 Å². The highest BCUT2D eigenvalue weighted by Crippen LogP contribution is 2.18. The molecule has 0 rings (SSSR count). The number of ether oxygens (including phenoxy) is 1. The lowest BCUT2D eigenvalue weighted by Crippen LogP contribution is -2.45. The number of nitrogens with one attached hydrogen (secondary N) is 1. The van der Waals surface area contributed by atoms with Crippen molar-refractivity contribution in [3.05, 3.63) is 24.3 Å². The van der Waals surface area contributed by atoms with Gasteiger partial charge in [0.2, 0.25) is 5.91 Å². The van der Waals surface area contributed by atoms with Crippen molar-refractivity contribution in [1.29, 1.82) is 0 Å². The monoisotopic (exact) mass is 1000 g/mol. The number of carbonyl (C=O) groups excluding carboxylic acids is 2. The van der Waals surface area contributed by atoms with Gasteiger partial charge in [0, 0.05) is 12.8 Å². The Hall–Kier alpha value is -1.66. The predicted octanol–water partition coefficient (Wildman–Crippen LogP) is 20.2. The zero-order chi connectivity index (χ0) is 51.4. The van der Waals surface area contributed by atoms with Crippen molar-refractivity contribution < 1.29 is 24.5 Å². The summed E-state index contributed by atoms with van der Waals surface area (Å²) in [5.41, 5.74) is 0. The average molecular weight is 1000 g/mol. The zero-order valence-corrected chi connectivity index (χ0v) is 48.0. The summed E-state index contributed by atoms with van der Waals surface area (Å²) >= 11 is 0. The minimum atomic E-state index is -0.670. The van der Waals surface area contributed by atoms with Gasteiger partial charge in [0.05, 0.1) is 25.4 Å². The molecule has 3 N–H and O–H groups in total. The second-order valence-corrected chi connectivity index (χ2v) is 22.1. The fraction of sp³-hybridized carbons (Fsp3) is 0.908. The van der Waals surface area contributed by atoms with E-state index in [0.717, 1.165) is 44.9 Å². The molecule has 0 heterocycles. The van der Waals surface area contributed by atoms with Gasteiger partial charge in [0.25, 0.3) is 0 Å². The molecule has 0 aromatic heterocycles. The lowest BCUT2D eigenvalue weighted by atomic mass is 10.0. The summed E-state index contributed by atoms with van der Waals surface area (Å²) in [4.78, 5) is 24.5. The summed E-state index contributed by atoms with van der Waals surface area (Å²) in [6, 6.07) is -0.548. The highest BCUT2D eigenvalue weighted by atomic mass is 16.5. The second-order valence-electron chi connectivity index (χ2n) is 22.1. The van der Waals surface area contributed by atoms with Crippen molar-refractivity contribution in [3.8, 4) is 0 Å². The fourth-order valence-electron chi connectivity index (χ4n) is 10.0. The van der Waals surface area contributed by atoms with E-state index in [1.807, 2.05) is 0 Å². The maximum Gasteiger partial charge on any atom is 0.305 e. The van der Waals surface area contributed by atoms with Crippen molar-refractivity contribution >= 4 is 11.9 Å². The topological polar surface area (TPSA) is 95.9 Å². The molecule has 0 aliphatic heterocycles. The second kappa shape index (κ2) is 60.9. The molecule has 0 aromatic carbocycles. The van der Waals surface area contributed by atoms with Crippen LogP contribution in [-0.4, -0.2) is 47.4 Å². The third kappa shape index (κ3) is 57.5. The van der Waals surface area contributed by atoms with Gasteiger partial charge in [0.15, 0.2) is 0 Å². The Kier molecular flexibility index (Phi) is 59.5. The number of hydrogen-bond donors (Lipinski definition) is 3. The van der Waals surface area contributed by atoms with Crippen LogP contribution in [0.15, 0.2) is 24.3 Å². The third-order valence-corrected chi connectivity index (χ3v) is 15.0. The highest BCUT2D eigenvalue weighted by Gasteiger charge is 2.20. The average Bonchev–Trinajstić information content (AvgIpc) is 3.37. The summed E-state index contributed by atoms with van der Waals surface area (Å²) < 4.78 is 5.47. The van der Waals surface area contributed by atoms with Crippen LogP contribution < -0.4 is 5.32 Å². The minimum absolute atomic E-state index is 0.000471. The Morgan fingerprint density at radius 1 is 0.380 bits per heavy atom. The van der Waals surface area contributed by atoms with Gasteiger partial charge in [-0.05, 0) is 77.0 Å². The van der Waals surface area contributed by atoms with Crippen molar-refractivity contribution in [2.45, 2.75) is 366 Å². The lowest BCUT2D eigenvalue weighted by Gasteiger charge is -2.22. The SMILES string of the molecule is CCCCCC/C=C\CCCCCCCC(=O)OCCCCCCCCCCCC/C=C\CCCCCCCCCC(=O)NC(CO)C(O)CCCCCCCCCCCCCCCCCCCCCC. The van der Waals surface area contributed by atoms with Crippen LogP contribution in [0.25, 0.3) is 0 Å². The third-order valence-electron chi connectivity index (χ3n) is 15.0. The first kappa shape index (κ1) is 69.3. The van der Waals surface area contributed by atoms with Crippen LogP contribution in [0, 0.1) is 0 Å². The standard InChI is InChI=1S/C65H125NO5/c1-3-5-7-9-11-13-15-17-18-19-20-24-27-30-34-37-41-45-49-53-57-63(68)62(61-67)66-64(69)58-54-50-46-42-38-35-31-28-25-22-21-23-26-29-32-36-40-44-48-52-56-60-71-65(70)59-55-51-47-43-39-33-16-14-12-10-8-6-4-2/h14,16,22,25,62-63,67-68H,3-13,15,17-21,23-24,26-61H2,1-2H3,(H,66,69)/b16-14-,25-22-. The summed E-state index contributed by atoms with van der Waals surface area (Å²) in [6.07, 6.45) is 74.8. The molecular formula is C65H125NO5. The summed E-state index contributed by atoms with van der Waals surface area (Å²) in [6.45, 7) is 4.95. The van der Waals surface area contributed by atoms with E-state index in [2.05, 4.69) is 43.5 Å². The Morgan fingerprint density at radius 3 is 1.01 bits per heavy atom. The van der Waals surface area contributed by atoms with Crippen molar-refractivity contribution in [3.63, 3.8) is 0 Å². The maximum absolute atomic E-state index is 12.5. The predicted molar refractivity (Wildman–Crippen MR) is 310 cm³/mol. The normalized spacial score (nSPS) is 12.7. The van der Waals surface area contributed by atoms with E-state index >= 15 is 0 Å². The van der Waals surface area contributed by atoms with E-state index < -0.39 is 12.1 Å². The number of unbranched alkanes of at least 4 members (excludes halogenated alkanes) is 45. The van der Waals surface area contributed by atoms with Gasteiger partial charge < -0.3 is 20.3 Å². The highest BCUT2D eigenvalue weighted by molar-refractivity contribution is 5.76. The van der Waals surface area contributed by atoms with Crippen LogP contribution in [0.2, 0.25) is 0 Å². The number of esters is 1. The smallest absolute Gasteiger partial charge is 0.305 e. The molecule has 0 aliphatic carbocycles. The van der Waals surface area contributed by atoms with Crippen molar-refractivity contribution in [2.24, 2.45) is 0 Å². The number of amides is 1. The molecule has 0 radical (unpaired) electrons. The number of hydrogen-bond acceptors (Lipinski definition) is 5. The van der Waals surface area contributed by atoms with E-state index in [-0.39, 0.29) is 18.5 Å². The molecule has 0 fully saturated rings. The molecule has 0 aromatic rings. The molecule has 1 amide bonds. The molecule has 6 heteroatoms. The molecule has 0 saturated heterocycles. The molecular weight excluding hydrogens is 875 g/mol. The molecule has 0 bridgehead atoms. The van der Waals surface area contributed by atoms with Gasteiger partial charge in [0.1, 0.15) is 0 Å². The number of aliphatic hydroxyl groups excluding tert-OH is 2. The maximum atomic E-state index is 12.5. The van der Waals surface area contributed by atoms with Gasteiger partial charge in [-0.1, -0.05) is 289 Å². The Labute approximate surface area is 443 Å². The first-order valence-electron chi connectivity index (χ1n) is 32.1. The van der Waals surface area contributed by atoms with E-state index in [4.69, 9.17) is 4.74 Å². The van der Waals surface area contributed by atoms with Gasteiger partial charge in [-0.2, -0.15) is 0 Å². The van der Waals surface area contributed by atoms with Crippen molar-refractivity contribution in [2.75, 3.05) is 13.2 Å². The molecule has 420 valence electrons. The van der Waals surface area contributed by atoms with Crippen LogP contribution in [0.4, 0.5) is 0 Å². The summed E-state index contributed by atoms with van der Waals surface area (Å²) in [5.74, 6) is -0.0400. The lowest BCUT2D eigenvalue weighted by molar-refractivity contribution is -0.143. The quantitative estimate of drug-likeness (QED) is 0.0320. The molecule has 2 unspecified atom stereocenters. The van der Waals surface area contributed by atoms with Crippen LogP contribution >= 0.6 is 0 Å². The fourth-order valence-corrected chi connectivity index (χ4v) is 10.0. The molecule has 71 heavy (non-hydrogen) atoms. The minimum Gasteiger partial charge on any atom is -0.466 e. The first-order valence-corrected chi connectivity index (χ1v) is 32.1. The van der Waals surface area contributed by atoms with Gasteiger partial charge in [-0.15, -0.1) is 0 Å². The Bertz CT molecular complexity index is 1110. The van der Waals surface area contributed by atoms with Gasteiger partial charge in [-0.3, -0.25) is 9.59 Å². The Balaban J connectivity index is 3.43. The number of carbonyl (C=O) groups is 2. The molecule has 0 saturated carbocycles. The van der Waals surface area contributed by atoms with Crippen LogP contribution in [-0.2, 0) is 14.3 Å². The summed E-state index contributed by atoms with van der Waals surface area (Å²) in [5, 5.41) is 23.4. The number of rotatable bonds is 60. The molecule has 6 nitrogen and oxygen atoms in total. The van der Waals surface area contributed by atoms with E-state index in [1.165, 1.54) is 276 Å². The molecule has 2 atom stereocenters.